The molecule has 0 fully saturated rings. The topological polar surface area (TPSA) is 64.1 Å². The SMILES string of the molecule is COc1ccc(CCC(=O)Nc2nnc(CSCc3ccccc3)s2)cc1. The van der Waals surface area contributed by atoms with Crippen LogP contribution >= 0.6 is 23.1 Å². The number of nitrogens with one attached hydrogen (secondary N) is 1. The molecule has 0 aliphatic heterocycles. The van der Waals surface area contributed by atoms with Crippen LogP contribution in [-0.2, 0) is 22.7 Å². The van der Waals surface area contributed by atoms with E-state index in [0.717, 1.165) is 27.8 Å². The fourth-order valence-electron chi connectivity index (χ4n) is 2.42. The summed E-state index contributed by atoms with van der Waals surface area (Å²) < 4.78 is 5.13. The normalized spacial score (nSPS) is 10.6. The summed E-state index contributed by atoms with van der Waals surface area (Å²) in [4.78, 5) is 12.1. The molecule has 1 N–H and O–H groups in total. The Labute approximate surface area is 167 Å². The summed E-state index contributed by atoms with van der Waals surface area (Å²) in [7, 11) is 1.64. The number of rotatable bonds is 9. The van der Waals surface area contributed by atoms with Gasteiger partial charge in [0.15, 0.2) is 0 Å². The highest BCUT2D eigenvalue weighted by Crippen LogP contribution is 2.23. The summed E-state index contributed by atoms with van der Waals surface area (Å²) in [5, 5.41) is 12.5. The molecule has 0 aliphatic carbocycles. The molecule has 140 valence electrons. The highest BCUT2D eigenvalue weighted by molar-refractivity contribution is 7.97. The Kier molecular flexibility index (Phi) is 7.24. The van der Waals surface area contributed by atoms with Gasteiger partial charge in [-0.05, 0) is 29.7 Å². The minimum absolute atomic E-state index is 0.0505. The van der Waals surface area contributed by atoms with Gasteiger partial charge in [-0.25, -0.2) is 0 Å². The van der Waals surface area contributed by atoms with Gasteiger partial charge in [0.2, 0.25) is 11.0 Å². The Morgan fingerprint density at radius 3 is 2.56 bits per heavy atom. The quantitative estimate of drug-likeness (QED) is 0.572. The number of anilines is 1. The van der Waals surface area contributed by atoms with Crippen molar-refractivity contribution in [2.45, 2.75) is 24.3 Å². The van der Waals surface area contributed by atoms with Crippen molar-refractivity contribution < 1.29 is 9.53 Å². The van der Waals surface area contributed by atoms with E-state index in [-0.39, 0.29) is 5.91 Å². The molecule has 0 atom stereocenters. The van der Waals surface area contributed by atoms with Crippen LogP contribution in [-0.4, -0.2) is 23.2 Å². The van der Waals surface area contributed by atoms with Crippen molar-refractivity contribution in [3.8, 4) is 5.75 Å². The van der Waals surface area contributed by atoms with Crippen LogP contribution in [0.15, 0.2) is 54.6 Å². The molecule has 27 heavy (non-hydrogen) atoms. The zero-order chi connectivity index (χ0) is 18.9. The lowest BCUT2D eigenvalue weighted by Crippen LogP contribution is -2.12. The van der Waals surface area contributed by atoms with Gasteiger partial charge in [-0.1, -0.05) is 53.8 Å². The van der Waals surface area contributed by atoms with Gasteiger partial charge in [0.25, 0.3) is 0 Å². The van der Waals surface area contributed by atoms with Gasteiger partial charge in [0.1, 0.15) is 10.8 Å². The van der Waals surface area contributed by atoms with Crippen LogP contribution in [0.1, 0.15) is 22.6 Å². The van der Waals surface area contributed by atoms with E-state index in [1.807, 2.05) is 42.5 Å². The maximum absolute atomic E-state index is 12.1. The molecule has 0 saturated carbocycles. The van der Waals surface area contributed by atoms with Crippen LogP contribution in [0, 0.1) is 0 Å². The number of aromatic nitrogens is 2. The monoisotopic (exact) mass is 399 g/mol. The predicted molar refractivity (Wildman–Crippen MR) is 111 cm³/mol. The van der Waals surface area contributed by atoms with E-state index in [4.69, 9.17) is 4.74 Å². The van der Waals surface area contributed by atoms with Crippen molar-refractivity contribution in [2.24, 2.45) is 0 Å². The molecular formula is C20H21N3O2S2. The molecule has 1 aromatic heterocycles. The summed E-state index contributed by atoms with van der Waals surface area (Å²) in [6.45, 7) is 0. The van der Waals surface area contributed by atoms with Crippen LogP contribution in [0.3, 0.4) is 0 Å². The second-order valence-electron chi connectivity index (χ2n) is 5.88. The number of carbonyl (C=O) groups is 1. The van der Waals surface area contributed by atoms with Gasteiger partial charge < -0.3 is 10.1 Å². The Bertz CT molecular complexity index is 851. The standard InChI is InChI=1S/C20H21N3O2S2/c1-25-17-10-7-15(8-11-17)9-12-18(24)21-20-23-22-19(27-20)14-26-13-16-5-3-2-4-6-16/h2-8,10-11H,9,12-14H2,1H3,(H,21,23,24). The zero-order valence-corrected chi connectivity index (χ0v) is 16.7. The van der Waals surface area contributed by atoms with Crippen molar-refractivity contribution in [3.63, 3.8) is 0 Å². The van der Waals surface area contributed by atoms with Gasteiger partial charge in [-0.2, -0.15) is 0 Å². The molecule has 0 saturated heterocycles. The van der Waals surface area contributed by atoms with Crippen LogP contribution in [0.5, 0.6) is 5.75 Å². The van der Waals surface area contributed by atoms with Crippen molar-refractivity contribution >= 4 is 34.1 Å². The third kappa shape index (κ3) is 6.37. The van der Waals surface area contributed by atoms with Crippen LogP contribution in [0.2, 0.25) is 0 Å². The molecule has 7 heteroatoms. The molecule has 2 aromatic carbocycles. The average Bonchev–Trinajstić information content (AvgIpc) is 3.14. The summed E-state index contributed by atoms with van der Waals surface area (Å²) in [5.74, 6) is 2.48. The lowest BCUT2D eigenvalue weighted by Gasteiger charge is -2.03. The number of amides is 1. The van der Waals surface area contributed by atoms with E-state index in [0.29, 0.717) is 18.0 Å². The minimum atomic E-state index is -0.0505. The van der Waals surface area contributed by atoms with Gasteiger partial charge >= 0.3 is 0 Å². The number of ether oxygens (including phenoxy) is 1. The Balaban J connectivity index is 1.40. The van der Waals surface area contributed by atoms with E-state index < -0.39 is 0 Å². The third-order valence-electron chi connectivity index (χ3n) is 3.85. The molecule has 1 heterocycles. The molecule has 0 spiro atoms. The third-order valence-corrected chi connectivity index (χ3v) is 5.89. The molecule has 3 rings (SSSR count). The minimum Gasteiger partial charge on any atom is -0.497 e. The molecular weight excluding hydrogens is 378 g/mol. The Hall–Kier alpha value is -2.38. The molecule has 0 bridgehead atoms. The summed E-state index contributed by atoms with van der Waals surface area (Å²) in [6.07, 6.45) is 1.08. The lowest BCUT2D eigenvalue weighted by atomic mass is 10.1. The summed E-state index contributed by atoms with van der Waals surface area (Å²) >= 11 is 3.22. The second-order valence-corrected chi connectivity index (χ2v) is 7.92. The Morgan fingerprint density at radius 2 is 1.81 bits per heavy atom. The van der Waals surface area contributed by atoms with E-state index in [1.165, 1.54) is 16.9 Å². The van der Waals surface area contributed by atoms with E-state index in [2.05, 4.69) is 27.6 Å². The number of hydrogen-bond acceptors (Lipinski definition) is 6. The summed E-state index contributed by atoms with van der Waals surface area (Å²) in [6, 6.07) is 18.1. The number of benzene rings is 2. The molecule has 0 aliphatic rings. The number of nitrogens with zero attached hydrogens (tertiary/aromatic N) is 2. The number of thioether (sulfide) groups is 1. The van der Waals surface area contributed by atoms with Crippen molar-refractivity contribution in [1.29, 1.82) is 0 Å². The highest BCUT2D eigenvalue weighted by Gasteiger charge is 2.09. The first-order chi connectivity index (χ1) is 13.2. The van der Waals surface area contributed by atoms with Gasteiger partial charge in [-0.3, -0.25) is 4.79 Å². The van der Waals surface area contributed by atoms with Crippen molar-refractivity contribution in [1.82, 2.24) is 10.2 Å². The molecule has 1 amide bonds. The zero-order valence-electron chi connectivity index (χ0n) is 15.1. The van der Waals surface area contributed by atoms with E-state index in [1.54, 1.807) is 18.9 Å². The molecule has 0 unspecified atom stereocenters. The van der Waals surface area contributed by atoms with Crippen LogP contribution in [0.4, 0.5) is 5.13 Å². The first-order valence-electron chi connectivity index (χ1n) is 8.60. The molecule has 5 nitrogen and oxygen atoms in total. The van der Waals surface area contributed by atoms with E-state index >= 15 is 0 Å². The Morgan fingerprint density at radius 1 is 1.04 bits per heavy atom. The highest BCUT2D eigenvalue weighted by atomic mass is 32.2. The number of hydrogen-bond donors (Lipinski definition) is 1. The maximum Gasteiger partial charge on any atom is 0.226 e. The van der Waals surface area contributed by atoms with Gasteiger partial charge in [-0.15, -0.1) is 22.0 Å². The lowest BCUT2D eigenvalue weighted by molar-refractivity contribution is -0.116. The smallest absolute Gasteiger partial charge is 0.226 e. The van der Waals surface area contributed by atoms with E-state index in [9.17, 15) is 4.79 Å². The van der Waals surface area contributed by atoms with Crippen LogP contribution in [0.25, 0.3) is 0 Å². The number of methoxy groups -OCH3 is 1. The van der Waals surface area contributed by atoms with Gasteiger partial charge in [0.05, 0.1) is 7.11 Å². The fourth-order valence-corrected chi connectivity index (χ4v) is 4.22. The first-order valence-corrected chi connectivity index (χ1v) is 10.6. The first kappa shape index (κ1) is 19.4. The van der Waals surface area contributed by atoms with Crippen LogP contribution < -0.4 is 10.1 Å². The second kappa shape index (κ2) is 10.1. The average molecular weight is 400 g/mol. The number of carbonyl (C=O) groups excluding carboxylic acids is 1. The fraction of sp³-hybridized carbons (Fsp3) is 0.250. The van der Waals surface area contributed by atoms with Crippen molar-refractivity contribution in [3.05, 3.63) is 70.7 Å². The summed E-state index contributed by atoms with van der Waals surface area (Å²) in [5.41, 5.74) is 2.39. The molecule has 3 aromatic rings. The number of aryl methyl sites for hydroxylation is 1. The van der Waals surface area contributed by atoms with Gasteiger partial charge in [0, 0.05) is 17.9 Å². The van der Waals surface area contributed by atoms with Crippen molar-refractivity contribution in [2.75, 3.05) is 12.4 Å². The predicted octanol–water partition coefficient (Wildman–Crippen LogP) is 4.55. The maximum atomic E-state index is 12.1. The largest absolute Gasteiger partial charge is 0.497 e. The molecule has 0 radical (unpaired) electrons.